The summed E-state index contributed by atoms with van der Waals surface area (Å²) in [5.41, 5.74) is 7.12. The van der Waals surface area contributed by atoms with Crippen LogP contribution in [0, 0.1) is 13.8 Å². The zero-order valence-corrected chi connectivity index (χ0v) is 10.5. The lowest BCUT2D eigenvalue weighted by molar-refractivity contribution is 0.0952. The highest BCUT2D eigenvalue weighted by Crippen LogP contribution is 2.04. The van der Waals surface area contributed by atoms with Crippen molar-refractivity contribution in [2.75, 3.05) is 6.54 Å². The molecule has 98 valence electrons. The summed E-state index contributed by atoms with van der Waals surface area (Å²) >= 11 is 0. The quantitative estimate of drug-likeness (QED) is 0.230. The molecule has 0 aliphatic heterocycles. The molecule has 0 spiro atoms. The fourth-order valence-corrected chi connectivity index (χ4v) is 1.40. The van der Waals surface area contributed by atoms with Gasteiger partial charge in [0.2, 0.25) is 0 Å². The maximum absolute atomic E-state index is 11.8. The number of carbonyl (C=O) groups excluding carboxylic acids is 1. The number of nitrogens with two attached hydrogens (primary N) is 1. The Morgan fingerprint density at radius 3 is 2.89 bits per heavy atom. The average molecular weight is 251 g/mol. The van der Waals surface area contributed by atoms with Gasteiger partial charge in [0.15, 0.2) is 0 Å². The molecule has 0 saturated carbocycles. The first kappa shape index (κ1) is 13.9. The van der Waals surface area contributed by atoms with Crippen molar-refractivity contribution in [1.82, 2.24) is 15.5 Å². The van der Waals surface area contributed by atoms with Crippen LogP contribution in [0.25, 0.3) is 0 Å². The zero-order chi connectivity index (χ0) is 13.5. The van der Waals surface area contributed by atoms with Crippen LogP contribution in [0.2, 0.25) is 0 Å². The molecule has 0 atom stereocenters. The van der Waals surface area contributed by atoms with Crippen molar-refractivity contribution >= 4 is 11.7 Å². The summed E-state index contributed by atoms with van der Waals surface area (Å²) in [5, 5.41) is 21.7. The first-order chi connectivity index (χ1) is 8.54. The summed E-state index contributed by atoms with van der Waals surface area (Å²) in [7, 11) is 0. The lowest BCUT2D eigenvalue weighted by Gasteiger charge is -2.07. The minimum absolute atomic E-state index is 0.154. The van der Waals surface area contributed by atoms with E-state index in [0.717, 1.165) is 0 Å². The Morgan fingerprint density at radius 2 is 2.22 bits per heavy atom. The minimum atomic E-state index is -0.190. The predicted octanol–water partition coefficient (Wildman–Crippen LogP) is 0.350. The first-order valence-corrected chi connectivity index (χ1v) is 5.60. The summed E-state index contributed by atoms with van der Waals surface area (Å²) in [4.78, 5) is 11.8. The third-order valence-electron chi connectivity index (χ3n) is 2.37. The predicted molar refractivity (Wildman–Crippen MR) is 66.5 cm³/mol. The van der Waals surface area contributed by atoms with Gasteiger partial charge in [-0.3, -0.25) is 4.79 Å². The molecule has 1 amide bonds. The minimum Gasteiger partial charge on any atom is -0.409 e. The van der Waals surface area contributed by atoms with E-state index in [1.165, 1.54) is 0 Å². The number of amidine groups is 1. The molecular formula is C11H17N5O2. The molecule has 4 N–H and O–H groups in total. The van der Waals surface area contributed by atoms with Gasteiger partial charge in [0.25, 0.3) is 5.91 Å². The van der Waals surface area contributed by atoms with Gasteiger partial charge in [-0.2, -0.15) is 10.2 Å². The normalized spacial score (nSPS) is 11.3. The van der Waals surface area contributed by atoms with Gasteiger partial charge >= 0.3 is 0 Å². The van der Waals surface area contributed by atoms with Crippen molar-refractivity contribution in [3.8, 4) is 0 Å². The Hall–Kier alpha value is -2.18. The van der Waals surface area contributed by atoms with E-state index in [1.807, 2.05) is 0 Å². The second kappa shape index (κ2) is 6.53. The zero-order valence-electron chi connectivity index (χ0n) is 10.5. The molecule has 7 heteroatoms. The summed E-state index contributed by atoms with van der Waals surface area (Å²) in [6.45, 7) is 3.97. The second-order valence-corrected chi connectivity index (χ2v) is 3.94. The number of hydrogen-bond donors (Lipinski definition) is 3. The lowest BCUT2D eigenvalue weighted by atomic mass is 10.2. The van der Waals surface area contributed by atoms with E-state index >= 15 is 0 Å². The Balaban J connectivity index is 2.48. The van der Waals surface area contributed by atoms with E-state index in [9.17, 15) is 4.79 Å². The highest BCUT2D eigenvalue weighted by atomic mass is 16.4. The Morgan fingerprint density at radius 1 is 1.50 bits per heavy atom. The topological polar surface area (TPSA) is 113 Å². The van der Waals surface area contributed by atoms with Crippen LogP contribution in [-0.4, -0.2) is 33.7 Å². The fourth-order valence-electron chi connectivity index (χ4n) is 1.40. The van der Waals surface area contributed by atoms with Gasteiger partial charge in [-0.05, 0) is 26.3 Å². The van der Waals surface area contributed by atoms with Crippen molar-refractivity contribution < 1.29 is 10.0 Å². The molecule has 7 nitrogen and oxygen atoms in total. The number of amides is 1. The van der Waals surface area contributed by atoms with E-state index in [4.69, 9.17) is 10.9 Å². The molecule has 0 radical (unpaired) electrons. The molecule has 0 aliphatic carbocycles. The molecule has 18 heavy (non-hydrogen) atoms. The SMILES string of the molecule is Cc1cc(C(=O)NCCC/C(N)=N/O)c(C)nn1. The van der Waals surface area contributed by atoms with E-state index in [1.54, 1.807) is 19.9 Å². The van der Waals surface area contributed by atoms with Gasteiger partial charge in [0, 0.05) is 13.0 Å². The van der Waals surface area contributed by atoms with Crippen molar-refractivity contribution in [1.29, 1.82) is 0 Å². The van der Waals surface area contributed by atoms with Crippen molar-refractivity contribution in [2.24, 2.45) is 10.9 Å². The molecule has 1 aromatic rings. The number of carbonyl (C=O) groups is 1. The number of rotatable bonds is 5. The second-order valence-electron chi connectivity index (χ2n) is 3.94. The van der Waals surface area contributed by atoms with Crippen LogP contribution in [-0.2, 0) is 0 Å². The van der Waals surface area contributed by atoms with Gasteiger partial charge < -0.3 is 16.3 Å². The molecular weight excluding hydrogens is 234 g/mol. The van der Waals surface area contributed by atoms with Crippen molar-refractivity contribution in [2.45, 2.75) is 26.7 Å². The monoisotopic (exact) mass is 251 g/mol. The fraction of sp³-hybridized carbons (Fsp3) is 0.455. The Bertz CT molecular complexity index is 459. The van der Waals surface area contributed by atoms with Crippen LogP contribution in [0.1, 0.15) is 34.6 Å². The van der Waals surface area contributed by atoms with Crippen LogP contribution in [0.4, 0.5) is 0 Å². The number of nitrogens with one attached hydrogen (secondary N) is 1. The summed E-state index contributed by atoms with van der Waals surface area (Å²) in [5.74, 6) is -0.0353. The molecule has 1 aromatic heterocycles. The maximum Gasteiger partial charge on any atom is 0.253 e. The average Bonchev–Trinajstić information content (AvgIpc) is 2.36. The highest BCUT2D eigenvalue weighted by Gasteiger charge is 2.10. The van der Waals surface area contributed by atoms with E-state index in [-0.39, 0.29) is 11.7 Å². The summed E-state index contributed by atoms with van der Waals surface area (Å²) < 4.78 is 0. The van der Waals surface area contributed by atoms with Gasteiger partial charge in [-0.15, -0.1) is 0 Å². The molecule has 0 aliphatic rings. The number of hydrogen-bond acceptors (Lipinski definition) is 5. The highest BCUT2D eigenvalue weighted by molar-refractivity contribution is 5.95. The Labute approximate surface area is 105 Å². The van der Waals surface area contributed by atoms with Crippen LogP contribution >= 0.6 is 0 Å². The third kappa shape index (κ3) is 4.00. The van der Waals surface area contributed by atoms with Crippen LogP contribution in [0.3, 0.4) is 0 Å². The van der Waals surface area contributed by atoms with E-state index < -0.39 is 0 Å². The standard InChI is InChI=1S/C11H17N5O2/c1-7-6-9(8(2)15-14-7)11(17)13-5-3-4-10(12)16-18/h6,18H,3-5H2,1-2H3,(H2,12,16)(H,13,17). The van der Waals surface area contributed by atoms with Crippen LogP contribution in [0.15, 0.2) is 11.2 Å². The maximum atomic E-state index is 11.8. The molecule has 0 saturated heterocycles. The molecule has 0 fully saturated rings. The largest absolute Gasteiger partial charge is 0.409 e. The van der Waals surface area contributed by atoms with Gasteiger partial charge in [0.1, 0.15) is 5.84 Å². The van der Waals surface area contributed by atoms with Crippen LogP contribution < -0.4 is 11.1 Å². The van der Waals surface area contributed by atoms with Gasteiger partial charge in [0.05, 0.1) is 17.0 Å². The number of oxime groups is 1. The number of aromatic nitrogens is 2. The summed E-state index contributed by atoms with van der Waals surface area (Å²) in [6, 6.07) is 1.70. The van der Waals surface area contributed by atoms with Gasteiger partial charge in [-0.25, -0.2) is 0 Å². The van der Waals surface area contributed by atoms with Crippen LogP contribution in [0.5, 0.6) is 0 Å². The third-order valence-corrected chi connectivity index (χ3v) is 2.37. The molecule has 0 bridgehead atoms. The molecule has 0 unspecified atom stereocenters. The van der Waals surface area contributed by atoms with Gasteiger partial charge in [-0.1, -0.05) is 5.16 Å². The van der Waals surface area contributed by atoms with E-state index in [2.05, 4.69) is 20.7 Å². The molecule has 1 heterocycles. The number of nitrogens with zero attached hydrogens (tertiary/aromatic N) is 3. The molecule has 1 rings (SSSR count). The number of aryl methyl sites for hydroxylation is 2. The summed E-state index contributed by atoms with van der Waals surface area (Å²) in [6.07, 6.45) is 1.04. The smallest absolute Gasteiger partial charge is 0.253 e. The Kier molecular flexibility index (Phi) is 5.04. The molecule has 0 aromatic carbocycles. The van der Waals surface area contributed by atoms with Crippen molar-refractivity contribution in [3.63, 3.8) is 0 Å². The van der Waals surface area contributed by atoms with Crippen molar-refractivity contribution in [3.05, 3.63) is 23.0 Å². The van der Waals surface area contributed by atoms with E-state index in [0.29, 0.717) is 36.3 Å². The first-order valence-electron chi connectivity index (χ1n) is 5.60. The lowest BCUT2D eigenvalue weighted by Crippen LogP contribution is -2.26.